The summed E-state index contributed by atoms with van der Waals surface area (Å²) in [6.45, 7) is 4.19. The molecule has 1 fully saturated rings. The van der Waals surface area contributed by atoms with E-state index in [4.69, 9.17) is 4.74 Å². The Bertz CT molecular complexity index is 103. The second-order valence-corrected chi connectivity index (χ2v) is 3.30. The lowest BCUT2D eigenvalue weighted by Gasteiger charge is -2.09. The van der Waals surface area contributed by atoms with Gasteiger partial charge >= 0.3 is 0 Å². The smallest absolute Gasteiger partial charge is 0.0700 e. The van der Waals surface area contributed by atoms with Gasteiger partial charge < -0.3 is 15.4 Å². The van der Waals surface area contributed by atoms with Crippen LogP contribution in [0.25, 0.3) is 0 Å². The average Bonchev–Trinajstić information content (AvgIpc) is 2.57. The van der Waals surface area contributed by atoms with Crippen molar-refractivity contribution < 1.29 is 4.74 Å². The van der Waals surface area contributed by atoms with E-state index in [1.54, 1.807) is 0 Å². The predicted octanol–water partition coefficient (Wildman–Crippen LogP) is 0.365. The van der Waals surface area contributed by atoms with E-state index in [0.29, 0.717) is 6.10 Å². The van der Waals surface area contributed by atoms with Crippen LogP contribution >= 0.6 is 0 Å². The first-order chi connectivity index (χ1) is 5.93. The second-order valence-electron chi connectivity index (χ2n) is 3.30. The van der Waals surface area contributed by atoms with Crippen molar-refractivity contribution in [1.82, 2.24) is 10.6 Å². The summed E-state index contributed by atoms with van der Waals surface area (Å²) in [5.41, 5.74) is 0. The van der Waals surface area contributed by atoms with Gasteiger partial charge in [0.25, 0.3) is 0 Å². The summed E-state index contributed by atoms with van der Waals surface area (Å²) >= 11 is 0. The Hall–Kier alpha value is -0.120. The Morgan fingerprint density at radius 2 is 2.33 bits per heavy atom. The summed E-state index contributed by atoms with van der Waals surface area (Å²) in [6.07, 6.45) is 4.16. The molecule has 1 unspecified atom stereocenters. The molecule has 0 spiro atoms. The van der Waals surface area contributed by atoms with Crippen LogP contribution in [-0.4, -0.2) is 39.4 Å². The van der Waals surface area contributed by atoms with Crippen LogP contribution in [-0.2, 0) is 4.74 Å². The minimum atomic E-state index is 0.486. The topological polar surface area (TPSA) is 33.3 Å². The summed E-state index contributed by atoms with van der Waals surface area (Å²) in [6, 6.07) is 0. The van der Waals surface area contributed by atoms with Crippen LogP contribution in [0.15, 0.2) is 0 Å². The van der Waals surface area contributed by atoms with E-state index in [0.717, 1.165) is 26.2 Å². The fraction of sp³-hybridized carbons (Fsp3) is 1.00. The Labute approximate surface area is 74.9 Å². The quantitative estimate of drug-likeness (QED) is 0.568. The second kappa shape index (κ2) is 6.40. The van der Waals surface area contributed by atoms with Gasteiger partial charge in [-0.25, -0.2) is 0 Å². The molecule has 72 valence electrons. The number of rotatable bonds is 6. The molecule has 1 atom stereocenters. The summed E-state index contributed by atoms with van der Waals surface area (Å²) in [4.78, 5) is 0. The molecule has 1 rings (SSSR count). The maximum absolute atomic E-state index is 5.48. The highest BCUT2D eigenvalue weighted by Crippen LogP contribution is 2.10. The van der Waals surface area contributed by atoms with Crippen LogP contribution in [0.2, 0.25) is 0 Å². The number of ether oxygens (including phenoxy) is 1. The normalized spacial score (nSPS) is 23.2. The summed E-state index contributed by atoms with van der Waals surface area (Å²) < 4.78 is 5.48. The standard InChI is InChI=1S/C9H20N2O/c1-10-5-3-6-11-8-9-4-2-7-12-9/h9-11H,2-8H2,1H3. The third kappa shape index (κ3) is 4.04. The highest BCUT2D eigenvalue weighted by molar-refractivity contribution is 4.67. The zero-order valence-corrected chi connectivity index (χ0v) is 7.94. The highest BCUT2D eigenvalue weighted by Gasteiger charge is 2.13. The molecular formula is C9H20N2O. The van der Waals surface area contributed by atoms with Crippen molar-refractivity contribution >= 4 is 0 Å². The fourth-order valence-electron chi connectivity index (χ4n) is 1.46. The fourth-order valence-corrected chi connectivity index (χ4v) is 1.46. The predicted molar refractivity (Wildman–Crippen MR) is 50.4 cm³/mol. The molecule has 1 saturated heterocycles. The van der Waals surface area contributed by atoms with Gasteiger partial charge in [-0.05, 0) is 39.4 Å². The molecule has 0 aromatic rings. The van der Waals surface area contributed by atoms with Crippen LogP contribution in [0.4, 0.5) is 0 Å². The van der Waals surface area contributed by atoms with E-state index in [-0.39, 0.29) is 0 Å². The van der Waals surface area contributed by atoms with Crippen molar-refractivity contribution in [2.75, 3.05) is 33.3 Å². The molecule has 0 aromatic heterocycles. The largest absolute Gasteiger partial charge is 0.377 e. The highest BCUT2D eigenvalue weighted by atomic mass is 16.5. The van der Waals surface area contributed by atoms with Gasteiger partial charge in [-0.2, -0.15) is 0 Å². The Morgan fingerprint density at radius 3 is 3.00 bits per heavy atom. The lowest BCUT2D eigenvalue weighted by atomic mass is 10.2. The molecule has 0 radical (unpaired) electrons. The third-order valence-electron chi connectivity index (χ3n) is 2.18. The lowest BCUT2D eigenvalue weighted by molar-refractivity contribution is 0.110. The van der Waals surface area contributed by atoms with Crippen LogP contribution in [0.5, 0.6) is 0 Å². The average molecular weight is 172 g/mol. The lowest BCUT2D eigenvalue weighted by Crippen LogP contribution is -2.28. The van der Waals surface area contributed by atoms with E-state index in [1.165, 1.54) is 19.3 Å². The third-order valence-corrected chi connectivity index (χ3v) is 2.18. The van der Waals surface area contributed by atoms with Crippen molar-refractivity contribution in [3.63, 3.8) is 0 Å². The minimum Gasteiger partial charge on any atom is -0.377 e. The first-order valence-electron chi connectivity index (χ1n) is 4.90. The van der Waals surface area contributed by atoms with Gasteiger partial charge in [0.05, 0.1) is 6.10 Å². The Kier molecular flexibility index (Phi) is 5.32. The van der Waals surface area contributed by atoms with Gasteiger partial charge in [0.2, 0.25) is 0 Å². The van der Waals surface area contributed by atoms with Gasteiger partial charge in [-0.3, -0.25) is 0 Å². The number of nitrogens with one attached hydrogen (secondary N) is 2. The first-order valence-corrected chi connectivity index (χ1v) is 4.90. The molecule has 2 N–H and O–H groups in total. The zero-order chi connectivity index (χ0) is 8.65. The minimum absolute atomic E-state index is 0.486. The van der Waals surface area contributed by atoms with Gasteiger partial charge in [-0.15, -0.1) is 0 Å². The van der Waals surface area contributed by atoms with Crippen molar-refractivity contribution in [2.24, 2.45) is 0 Å². The summed E-state index contributed by atoms with van der Waals surface area (Å²) in [5.74, 6) is 0. The van der Waals surface area contributed by atoms with Crippen molar-refractivity contribution in [3.8, 4) is 0 Å². The molecule has 12 heavy (non-hydrogen) atoms. The molecule has 1 aliphatic rings. The van der Waals surface area contributed by atoms with Gasteiger partial charge in [0, 0.05) is 13.2 Å². The zero-order valence-electron chi connectivity index (χ0n) is 7.94. The van der Waals surface area contributed by atoms with E-state index >= 15 is 0 Å². The van der Waals surface area contributed by atoms with Crippen LogP contribution in [0.3, 0.4) is 0 Å². The maximum atomic E-state index is 5.48. The van der Waals surface area contributed by atoms with E-state index in [2.05, 4.69) is 10.6 Å². The van der Waals surface area contributed by atoms with Crippen molar-refractivity contribution in [1.29, 1.82) is 0 Å². The van der Waals surface area contributed by atoms with Crippen molar-refractivity contribution in [2.45, 2.75) is 25.4 Å². The van der Waals surface area contributed by atoms with Gasteiger partial charge in [0.1, 0.15) is 0 Å². The maximum Gasteiger partial charge on any atom is 0.0700 e. The molecule has 3 nitrogen and oxygen atoms in total. The molecule has 0 amide bonds. The molecule has 0 aliphatic carbocycles. The first kappa shape index (κ1) is 9.96. The molecule has 0 aromatic carbocycles. The van der Waals surface area contributed by atoms with E-state index < -0.39 is 0 Å². The monoisotopic (exact) mass is 172 g/mol. The molecule has 1 aliphatic heterocycles. The molecular weight excluding hydrogens is 152 g/mol. The number of hydrogen-bond donors (Lipinski definition) is 2. The molecule has 3 heteroatoms. The van der Waals surface area contributed by atoms with Gasteiger partial charge in [-0.1, -0.05) is 0 Å². The summed E-state index contributed by atoms with van der Waals surface area (Å²) in [7, 11) is 1.99. The van der Waals surface area contributed by atoms with Crippen molar-refractivity contribution in [3.05, 3.63) is 0 Å². The van der Waals surface area contributed by atoms with Crippen LogP contribution < -0.4 is 10.6 Å². The SMILES string of the molecule is CNCCCNCC1CCCO1. The molecule has 1 heterocycles. The van der Waals surface area contributed by atoms with E-state index in [9.17, 15) is 0 Å². The molecule has 0 saturated carbocycles. The van der Waals surface area contributed by atoms with Crippen LogP contribution in [0, 0.1) is 0 Å². The summed E-state index contributed by atoms with van der Waals surface area (Å²) in [5, 5.41) is 6.52. The van der Waals surface area contributed by atoms with Crippen LogP contribution in [0.1, 0.15) is 19.3 Å². The molecule has 0 bridgehead atoms. The van der Waals surface area contributed by atoms with E-state index in [1.807, 2.05) is 7.05 Å². The Morgan fingerprint density at radius 1 is 1.42 bits per heavy atom. The Balaban J connectivity index is 1.81. The van der Waals surface area contributed by atoms with Gasteiger partial charge in [0.15, 0.2) is 0 Å². The number of hydrogen-bond acceptors (Lipinski definition) is 3.